The van der Waals surface area contributed by atoms with Crippen molar-refractivity contribution in [3.8, 4) is 0 Å². The van der Waals surface area contributed by atoms with E-state index in [1.54, 1.807) is 19.3 Å². The van der Waals surface area contributed by atoms with Gasteiger partial charge in [-0.2, -0.15) is 0 Å². The quantitative estimate of drug-likeness (QED) is 0.324. The van der Waals surface area contributed by atoms with Crippen LogP contribution in [-0.4, -0.2) is 21.9 Å². The van der Waals surface area contributed by atoms with Crippen LogP contribution in [0.2, 0.25) is 0 Å². The minimum absolute atomic E-state index is 0.288. The first kappa shape index (κ1) is 9.40. The summed E-state index contributed by atoms with van der Waals surface area (Å²) in [7, 11) is 0. The van der Waals surface area contributed by atoms with E-state index in [9.17, 15) is 4.79 Å². The number of anilines is 1. The van der Waals surface area contributed by atoms with Gasteiger partial charge in [0, 0.05) is 0 Å². The van der Waals surface area contributed by atoms with Crippen LogP contribution in [0.4, 0.5) is 5.69 Å². The molecule has 70 valence electrons. The SMILES string of the molecule is CC(Nc1cncnc1)C(=O)NN. The van der Waals surface area contributed by atoms with Gasteiger partial charge in [0.05, 0.1) is 18.1 Å². The summed E-state index contributed by atoms with van der Waals surface area (Å²) in [6.07, 6.45) is 4.57. The molecular weight excluding hydrogens is 170 g/mol. The van der Waals surface area contributed by atoms with Gasteiger partial charge in [-0.1, -0.05) is 0 Å². The molecule has 6 nitrogen and oxygen atoms in total. The van der Waals surface area contributed by atoms with E-state index in [2.05, 4.69) is 15.3 Å². The summed E-state index contributed by atoms with van der Waals surface area (Å²) in [5.74, 6) is 4.67. The van der Waals surface area contributed by atoms with Gasteiger partial charge in [0.15, 0.2) is 0 Å². The number of nitrogens with two attached hydrogens (primary N) is 1. The second-order valence-electron chi connectivity index (χ2n) is 2.50. The minimum atomic E-state index is -0.406. The zero-order valence-corrected chi connectivity index (χ0v) is 7.19. The number of hydrogen-bond acceptors (Lipinski definition) is 5. The van der Waals surface area contributed by atoms with Crippen molar-refractivity contribution in [3.63, 3.8) is 0 Å². The van der Waals surface area contributed by atoms with Gasteiger partial charge >= 0.3 is 0 Å². The van der Waals surface area contributed by atoms with Crippen LogP contribution in [-0.2, 0) is 4.79 Å². The number of amides is 1. The fourth-order valence-electron chi connectivity index (χ4n) is 0.814. The Morgan fingerprint density at radius 3 is 2.69 bits per heavy atom. The summed E-state index contributed by atoms with van der Waals surface area (Å²) in [6.45, 7) is 1.69. The van der Waals surface area contributed by atoms with Crippen molar-refractivity contribution in [2.24, 2.45) is 5.84 Å². The van der Waals surface area contributed by atoms with E-state index in [-0.39, 0.29) is 5.91 Å². The van der Waals surface area contributed by atoms with E-state index < -0.39 is 6.04 Å². The molecule has 0 aliphatic heterocycles. The molecule has 0 spiro atoms. The highest BCUT2D eigenvalue weighted by molar-refractivity contribution is 5.83. The predicted octanol–water partition coefficient (Wildman–Crippen LogP) is -0.733. The molecule has 0 saturated heterocycles. The number of rotatable bonds is 3. The van der Waals surface area contributed by atoms with Crippen molar-refractivity contribution in [3.05, 3.63) is 18.7 Å². The summed E-state index contributed by atoms with van der Waals surface area (Å²) < 4.78 is 0. The van der Waals surface area contributed by atoms with Crippen LogP contribution in [0.1, 0.15) is 6.92 Å². The average Bonchev–Trinajstić information content (AvgIpc) is 2.18. The van der Waals surface area contributed by atoms with E-state index in [1.165, 1.54) is 6.33 Å². The Labute approximate surface area is 75.5 Å². The fourth-order valence-corrected chi connectivity index (χ4v) is 0.814. The Morgan fingerprint density at radius 2 is 2.15 bits per heavy atom. The minimum Gasteiger partial charge on any atom is -0.371 e. The molecular formula is C7H11N5O. The van der Waals surface area contributed by atoms with Gasteiger partial charge in [0.1, 0.15) is 12.4 Å². The monoisotopic (exact) mass is 181 g/mol. The zero-order valence-electron chi connectivity index (χ0n) is 7.19. The largest absolute Gasteiger partial charge is 0.371 e. The number of nitrogens with one attached hydrogen (secondary N) is 2. The lowest BCUT2D eigenvalue weighted by atomic mass is 10.3. The molecule has 0 fully saturated rings. The van der Waals surface area contributed by atoms with Crippen molar-refractivity contribution in [1.82, 2.24) is 15.4 Å². The number of carbonyl (C=O) groups is 1. The fraction of sp³-hybridized carbons (Fsp3) is 0.286. The van der Waals surface area contributed by atoms with E-state index >= 15 is 0 Å². The van der Waals surface area contributed by atoms with Crippen LogP contribution in [0.25, 0.3) is 0 Å². The molecule has 1 heterocycles. The number of carbonyl (C=O) groups excluding carboxylic acids is 1. The average molecular weight is 181 g/mol. The molecule has 0 aliphatic carbocycles. The molecule has 13 heavy (non-hydrogen) atoms. The second-order valence-corrected chi connectivity index (χ2v) is 2.50. The summed E-state index contributed by atoms with van der Waals surface area (Å²) in [4.78, 5) is 18.5. The molecule has 1 amide bonds. The van der Waals surface area contributed by atoms with Gasteiger partial charge in [-0.15, -0.1) is 0 Å². The third-order valence-electron chi connectivity index (χ3n) is 1.48. The zero-order chi connectivity index (χ0) is 9.68. The van der Waals surface area contributed by atoms with Crippen molar-refractivity contribution in [2.75, 3.05) is 5.32 Å². The Bertz CT molecular complexity index is 275. The highest BCUT2D eigenvalue weighted by Gasteiger charge is 2.10. The number of hydrogen-bond donors (Lipinski definition) is 3. The first-order chi connectivity index (χ1) is 6.24. The van der Waals surface area contributed by atoms with Crippen LogP contribution >= 0.6 is 0 Å². The lowest BCUT2D eigenvalue weighted by Crippen LogP contribution is -2.41. The Balaban J connectivity index is 2.55. The Kier molecular flexibility index (Phi) is 3.15. The van der Waals surface area contributed by atoms with Crippen LogP contribution in [0.3, 0.4) is 0 Å². The van der Waals surface area contributed by atoms with Gasteiger partial charge in [-0.25, -0.2) is 15.8 Å². The standard InChI is InChI=1S/C7H11N5O/c1-5(7(13)12-8)11-6-2-9-4-10-3-6/h2-5,11H,8H2,1H3,(H,12,13). The van der Waals surface area contributed by atoms with E-state index in [1.807, 2.05) is 5.43 Å². The van der Waals surface area contributed by atoms with Crippen LogP contribution < -0.4 is 16.6 Å². The molecule has 1 unspecified atom stereocenters. The van der Waals surface area contributed by atoms with Crippen molar-refractivity contribution in [2.45, 2.75) is 13.0 Å². The summed E-state index contributed by atoms with van der Waals surface area (Å²) in [5.41, 5.74) is 2.72. The van der Waals surface area contributed by atoms with Crippen molar-refractivity contribution < 1.29 is 4.79 Å². The van der Waals surface area contributed by atoms with Crippen LogP contribution in [0, 0.1) is 0 Å². The van der Waals surface area contributed by atoms with E-state index in [0.717, 1.165) is 0 Å². The van der Waals surface area contributed by atoms with Crippen LogP contribution in [0.5, 0.6) is 0 Å². The number of aromatic nitrogens is 2. The number of nitrogens with zero attached hydrogens (tertiary/aromatic N) is 2. The molecule has 6 heteroatoms. The van der Waals surface area contributed by atoms with Gasteiger partial charge < -0.3 is 5.32 Å². The molecule has 1 aromatic rings. The van der Waals surface area contributed by atoms with Crippen LogP contribution in [0.15, 0.2) is 18.7 Å². The summed E-state index contributed by atoms with van der Waals surface area (Å²) in [6, 6.07) is -0.406. The first-order valence-electron chi connectivity index (χ1n) is 3.76. The third-order valence-corrected chi connectivity index (χ3v) is 1.48. The van der Waals surface area contributed by atoms with Gasteiger partial charge in [0.2, 0.25) is 0 Å². The highest BCUT2D eigenvalue weighted by Crippen LogP contribution is 2.02. The molecule has 0 aliphatic rings. The maximum Gasteiger partial charge on any atom is 0.256 e. The molecule has 1 atom stereocenters. The van der Waals surface area contributed by atoms with E-state index in [0.29, 0.717) is 5.69 Å². The summed E-state index contributed by atoms with van der Waals surface area (Å²) >= 11 is 0. The Morgan fingerprint density at radius 1 is 1.54 bits per heavy atom. The Hall–Kier alpha value is -1.69. The van der Waals surface area contributed by atoms with Crippen molar-refractivity contribution >= 4 is 11.6 Å². The topological polar surface area (TPSA) is 92.9 Å². The normalized spacial score (nSPS) is 11.8. The van der Waals surface area contributed by atoms with Crippen molar-refractivity contribution in [1.29, 1.82) is 0 Å². The lowest BCUT2D eigenvalue weighted by molar-refractivity contribution is -0.121. The van der Waals surface area contributed by atoms with E-state index in [4.69, 9.17) is 5.84 Å². The third kappa shape index (κ3) is 2.68. The second kappa shape index (κ2) is 4.36. The van der Waals surface area contributed by atoms with Gasteiger partial charge in [0.25, 0.3) is 5.91 Å². The highest BCUT2D eigenvalue weighted by atomic mass is 16.2. The molecule has 1 rings (SSSR count). The molecule has 0 aromatic carbocycles. The molecule has 4 N–H and O–H groups in total. The molecule has 0 saturated carbocycles. The summed E-state index contributed by atoms with van der Waals surface area (Å²) in [5, 5.41) is 2.88. The molecule has 1 aromatic heterocycles. The number of hydrazine groups is 1. The predicted molar refractivity (Wildman–Crippen MR) is 47.4 cm³/mol. The maximum absolute atomic E-state index is 11.0. The smallest absolute Gasteiger partial charge is 0.256 e. The van der Waals surface area contributed by atoms with Gasteiger partial charge in [-0.05, 0) is 6.92 Å². The van der Waals surface area contributed by atoms with Gasteiger partial charge in [-0.3, -0.25) is 10.2 Å². The first-order valence-corrected chi connectivity index (χ1v) is 3.76. The molecule has 0 bridgehead atoms. The lowest BCUT2D eigenvalue weighted by Gasteiger charge is -2.11. The maximum atomic E-state index is 11.0. The molecule has 0 radical (unpaired) electrons.